The maximum absolute atomic E-state index is 10.6. The van der Waals surface area contributed by atoms with E-state index in [1.54, 1.807) is 18.2 Å². The lowest BCUT2D eigenvalue weighted by Crippen LogP contribution is -1.83. The number of thiophene rings is 1. The van der Waals surface area contributed by atoms with Gasteiger partial charge >= 0.3 is 0 Å². The third kappa shape index (κ3) is 1.07. The lowest BCUT2D eigenvalue weighted by molar-refractivity contribution is 0.112. The minimum absolute atomic E-state index is 0.0734. The van der Waals surface area contributed by atoms with Crippen LogP contribution in [0.25, 0.3) is 10.1 Å². The molecule has 3 nitrogen and oxygen atoms in total. The van der Waals surface area contributed by atoms with Crippen molar-refractivity contribution in [3.63, 3.8) is 0 Å². The van der Waals surface area contributed by atoms with Crippen LogP contribution in [0.5, 0.6) is 5.06 Å². The third-order valence-corrected chi connectivity index (χ3v) is 2.96. The number of aldehydes is 1. The molecule has 1 aromatic carbocycles. The Morgan fingerprint density at radius 3 is 2.92 bits per heavy atom. The molecule has 0 radical (unpaired) electrons. The van der Waals surface area contributed by atoms with Gasteiger partial charge < -0.3 is 10.8 Å². The molecule has 2 aromatic rings. The highest BCUT2D eigenvalue weighted by atomic mass is 32.1. The topological polar surface area (TPSA) is 63.3 Å². The molecule has 0 aliphatic carbocycles. The fourth-order valence-corrected chi connectivity index (χ4v) is 2.18. The normalized spacial score (nSPS) is 10.5. The van der Waals surface area contributed by atoms with Gasteiger partial charge in [0.05, 0.1) is 10.4 Å². The molecular weight excluding hydrogens is 186 g/mol. The number of carbonyl (C=O) groups is 1. The summed E-state index contributed by atoms with van der Waals surface area (Å²) in [5.41, 5.74) is 6.52. The van der Waals surface area contributed by atoms with Crippen LogP contribution in [0.2, 0.25) is 0 Å². The summed E-state index contributed by atoms with van der Waals surface area (Å²) in [7, 11) is 0. The smallest absolute Gasteiger partial charge is 0.196 e. The van der Waals surface area contributed by atoms with Gasteiger partial charge in [0.2, 0.25) is 0 Å². The molecule has 66 valence electrons. The molecule has 0 aliphatic heterocycles. The first-order chi connectivity index (χ1) is 6.24. The summed E-state index contributed by atoms with van der Waals surface area (Å²) in [4.78, 5) is 10.6. The Hall–Kier alpha value is -1.55. The van der Waals surface area contributed by atoms with Crippen LogP contribution in [0, 0.1) is 0 Å². The summed E-state index contributed by atoms with van der Waals surface area (Å²) in [5.74, 6) is 0. The Labute approximate surface area is 78.4 Å². The highest BCUT2D eigenvalue weighted by molar-refractivity contribution is 7.21. The molecule has 13 heavy (non-hydrogen) atoms. The van der Waals surface area contributed by atoms with Crippen LogP contribution >= 0.6 is 11.3 Å². The summed E-state index contributed by atoms with van der Waals surface area (Å²) in [6.07, 6.45) is 0.762. The van der Waals surface area contributed by atoms with Gasteiger partial charge in [-0.3, -0.25) is 4.79 Å². The zero-order chi connectivity index (χ0) is 9.42. The number of fused-ring (bicyclic) bond motifs is 1. The Balaban J connectivity index is 2.92. The maximum atomic E-state index is 10.6. The lowest BCUT2D eigenvalue weighted by Gasteiger charge is -1.92. The average molecular weight is 193 g/mol. The molecule has 0 bridgehead atoms. The van der Waals surface area contributed by atoms with Crippen molar-refractivity contribution in [2.45, 2.75) is 0 Å². The molecule has 0 amide bonds. The molecule has 3 N–H and O–H groups in total. The number of benzene rings is 1. The van der Waals surface area contributed by atoms with Gasteiger partial charge in [-0.25, -0.2) is 0 Å². The second-order valence-electron chi connectivity index (χ2n) is 2.66. The van der Waals surface area contributed by atoms with Crippen LogP contribution in [0.4, 0.5) is 5.69 Å². The fourth-order valence-electron chi connectivity index (χ4n) is 1.24. The first kappa shape index (κ1) is 8.07. The number of carbonyl (C=O) groups excluding carboxylic acids is 1. The average Bonchev–Trinajstić information content (AvgIpc) is 2.43. The Bertz CT molecular complexity index is 476. The quantitative estimate of drug-likeness (QED) is 0.681. The van der Waals surface area contributed by atoms with Crippen molar-refractivity contribution in [2.75, 3.05) is 5.73 Å². The number of nitrogens with two attached hydrogens (primary N) is 1. The number of nitrogen functional groups attached to an aromatic ring is 1. The molecule has 0 atom stereocenters. The van der Waals surface area contributed by atoms with Crippen LogP contribution < -0.4 is 5.73 Å². The van der Waals surface area contributed by atoms with E-state index in [1.807, 2.05) is 0 Å². The molecule has 1 heterocycles. The summed E-state index contributed by atoms with van der Waals surface area (Å²) >= 11 is 1.13. The summed E-state index contributed by atoms with van der Waals surface area (Å²) in [6.45, 7) is 0. The van der Waals surface area contributed by atoms with E-state index in [4.69, 9.17) is 5.73 Å². The SMILES string of the molecule is Nc1c(O)sc2c(C=O)cccc12. The van der Waals surface area contributed by atoms with E-state index in [2.05, 4.69) is 0 Å². The molecule has 0 saturated heterocycles. The minimum Gasteiger partial charge on any atom is -0.498 e. The van der Waals surface area contributed by atoms with E-state index in [1.165, 1.54) is 0 Å². The minimum atomic E-state index is 0.0734. The van der Waals surface area contributed by atoms with Crippen molar-refractivity contribution in [3.05, 3.63) is 23.8 Å². The summed E-state index contributed by atoms with van der Waals surface area (Å²) in [5, 5.41) is 10.2. The first-order valence-corrected chi connectivity index (χ1v) is 4.51. The van der Waals surface area contributed by atoms with E-state index in [0.29, 0.717) is 11.3 Å². The van der Waals surface area contributed by atoms with Crippen molar-refractivity contribution in [3.8, 4) is 5.06 Å². The third-order valence-electron chi connectivity index (χ3n) is 1.89. The van der Waals surface area contributed by atoms with Gasteiger partial charge in [0.15, 0.2) is 11.3 Å². The monoisotopic (exact) mass is 193 g/mol. The van der Waals surface area contributed by atoms with Gasteiger partial charge in [0.25, 0.3) is 0 Å². The molecule has 0 saturated carbocycles. The fraction of sp³-hybridized carbons (Fsp3) is 0. The van der Waals surface area contributed by atoms with Gasteiger partial charge in [-0.2, -0.15) is 0 Å². The van der Waals surface area contributed by atoms with E-state index in [-0.39, 0.29) is 5.06 Å². The van der Waals surface area contributed by atoms with Gasteiger partial charge in [-0.15, -0.1) is 0 Å². The van der Waals surface area contributed by atoms with Gasteiger partial charge in [0.1, 0.15) is 0 Å². The Morgan fingerprint density at radius 2 is 2.23 bits per heavy atom. The molecule has 4 heteroatoms. The lowest BCUT2D eigenvalue weighted by atomic mass is 10.2. The van der Waals surface area contributed by atoms with Crippen LogP contribution in [-0.4, -0.2) is 11.4 Å². The van der Waals surface area contributed by atoms with E-state index in [9.17, 15) is 9.90 Å². The molecule has 2 rings (SSSR count). The maximum Gasteiger partial charge on any atom is 0.196 e. The molecular formula is C9H7NO2S. The Kier molecular flexibility index (Phi) is 1.70. The highest BCUT2D eigenvalue weighted by Gasteiger charge is 2.10. The number of hydrogen-bond donors (Lipinski definition) is 2. The van der Waals surface area contributed by atoms with Crippen molar-refractivity contribution < 1.29 is 9.90 Å². The summed E-state index contributed by atoms with van der Waals surface area (Å²) < 4.78 is 0.743. The van der Waals surface area contributed by atoms with E-state index < -0.39 is 0 Å². The molecule has 0 unspecified atom stereocenters. The highest BCUT2D eigenvalue weighted by Crippen LogP contribution is 2.39. The van der Waals surface area contributed by atoms with Crippen LogP contribution in [0.15, 0.2) is 18.2 Å². The number of hydrogen-bond acceptors (Lipinski definition) is 4. The predicted octanol–water partition coefficient (Wildman–Crippen LogP) is 2.00. The van der Waals surface area contributed by atoms with Crippen LogP contribution in [0.3, 0.4) is 0 Å². The molecule has 0 fully saturated rings. The first-order valence-electron chi connectivity index (χ1n) is 3.69. The second-order valence-corrected chi connectivity index (χ2v) is 3.66. The van der Waals surface area contributed by atoms with Crippen molar-refractivity contribution in [1.82, 2.24) is 0 Å². The Morgan fingerprint density at radius 1 is 1.46 bits per heavy atom. The largest absolute Gasteiger partial charge is 0.498 e. The zero-order valence-electron chi connectivity index (χ0n) is 6.65. The van der Waals surface area contributed by atoms with Crippen LogP contribution in [0.1, 0.15) is 10.4 Å². The standard InChI is InChI=1S/C9H7NO2S/c10-7-6-3-1-2-5(4-11)8(6)13-9(7)12/h1-4,12H,10H2. The second kappa shape index (κ2) is 2.74. The van der Waals surface area contributed by atoms with Gasteiger partial charge in [-0.05, 0) is 0 Å². The van der Waals surface area contributed by atoms with Crippen molar-refractivity contribution in [1.29, 1.82) is 0 Å². The molecule has 0 spiro atoms. The van der Waals surface area contributed by atoms with E-state index in [0.717, 1.165) is 27.7 Å². The zero-order valence-corrected chi connectivity index (χ0v) is 7.47. The molecule has 0 aliphatic rings. The van der Waals surface area contributed by atoms with Gasteiger partial charge in [0, 0.05) is 10.9 Å². The van der Waals surface area contributed by atoms with E-state index >= 15 is 0 Å². The predicted molar refractivity (Wildman–Crippen MR) is 53.3 cm³/mol. The van der Waals surface area contributed by atoms with Crippen molar-refractivity contribution in [2.24, 2.45) is 0 Å². The molecule has 1 aromatic heterocycles. The number of anilines is 1. The number of rotatable bonds is 1. The van der Waals surface area contributed by atoms with Gasteiger partial charge in [-0.1, -0.05) is 29.5 Å². The summed E-state index contributed by atoms with van der Waals surface area (Å²) in [6, 6.07) is 5.23. The number of aromatic hydroxyl groups is 1. The van der Waals surface area contributed by atoms with Crippen LogP contribution in [-0.2, 0) is 0 Å². The van der Waals surface area contributed by atoms with Crippen molar-refractivity contribution >= 4 is 33.4 Å².